The van der Waals surface area contributed by atoms with Gasteiger partial charge in [0.25, 0.3) is 0 Å². The molecule has 3 rings (SSSR count). The van der Waals surface area contributed by atoms with Gasteiger partial charge in [0, 0.05) is 13.1 Å². The van der Waals surface area contributed by atoms with Crippen LogP contribution in [-0.2, 0) is 11.2 Å². The van der Waals surface area contributed by atoms with Crippen LogP contribution >= 0.6 is 0 Å². The van der Waals surface area contributed by atoms with Crippen LogP contribution in [-0.4, -0.2) is 37.5 Å². The smallest absolute Gasteiger partial charge is 0.224 e. The van der Waals surface area contributed by atoms with Gasteiger partial charge in [-0.2, -0.15) is 0 Å². The Morgan fingerprint density at radius 3 is 2.88 bits per heavy atom. The Kier molecular flexibility index (Phi) is 5.52. The maximum atomic E-state index is 12.4. The molecule has 1 fully saturated rings. The Morgan fingerprint density at radius 1 is 1.25 bits per heavy atom. The Balaban J connectivity index is 1.55. The molecule has 1 N–H and O–H groups in total. The highest BCUT2D eigenvalue weighted by Crippen LogP contribution is 2.21. The molecule has 1 heterocycles. The molecule has 2 aromatic rings. The number of amides is 1. The van der Waals surface area contributed by atoms with Crippen molar-refractivity contribution in [1.29, 1.82) is 0 Å². The van der Waals surface area contributed by atoms with Crippen molar-refractivity contribution in [3.63, 3.8) is 0 Å². The first-order chi connectivity index (χ1) is 11.6. The zero-order chi connectivity index (χ0) is 16.9. The average Bonchev–Trinajstić information content (AvgIpc) is 2.60. The Morgan fingerprint density at radius 2 is 2.04 bits per heavy atom. The second-order valence-corrected chi connectivity index (χ2v) is 7.29. The number of fused-ring (bicyclic) bond motifs is 1. The van der Waals surface area contributed by atoms with Crippen LogP contribution < -0.4 is 5.32 Å². The SMILES string of the molecule is C[C@H](CNC(=O)[C@H]1CCCN(C)C1)Cc1cccc2ccccc12. The predicted molar refractivity (Wildman–Crippen MR) is 100 cm³/mol. The molecule has 1 amide bonds. The van der Waals surface area contributed by atoms with Crippen LogP contribution in [0.5, 0.6) is 0 Å². The van der Waals surface area contributed by atoms with Gasteiger partial charge in [-0.1, -0.05) is 49.4 Å². The second-order valence-electron chi connectivity index (χ2n) is 7.29. The minimum atomic E-state index is 0.161. The fourth-order valence-corrected chi connectivity index (χ4v) is 3.72. The van der Waals surface area contributed by atoms with E-state index in [9.17, 15) is 4.79 Å². The molecule has 1 saturated heterocycles. The summed E-state index contributed by atoms with van der Waals surface area (Å²) in [5.41, 5.74) is 1.37. The zero-order valence-corrected chi connectivity index (χ0v) is 14.8. The van der Waals surface area contributed by atoms with Gasteiger partial charge in [0.2, 0.25) is 5.91 Å². The lowest BCUT2D eigenvalue weighted by Gasteiger charge is -2.29. The van der Waals surface area contributed by atoms with Crippen molar-refractivity contribution >= 4 is 16.7 Å². The quantitative estimate of drug-likeness (QED) is 0.913. The molecule has 3 heteroatoms. The summed E-state index contributed by atoms with van der Waals surface area (Å²) in [5, 5.41) is 5.79. The van der Waals surface area contributed by atoms with E-state index in [-0.39, 0.29) is 11.8 Å². The van der Waals surface area contributed by atoms with Crippen molar-refractivity contribution in [3.05, 3.63) is 48.0 Å². The fourth-order valence-electron chi connectivity index (χ4n) is 3.72. The minimum Gasteiger partial charge on any atom is -0.356 e. The number of carbonyl (C=O) groups excluding carboxylic acids is 1. The predicted octanol–water partition coefficient (Wildman–Crippen LogP) is 3.48. The molecule has 0 spiro atoms. The molecule has 0 aliphatic carbocycles. The van der Waals surface area contributed by atoms with Crippen molar-refractivity contribution in [2.75, 3.05) is 26.7 Å². The summed E-state index contributed by atoms with van der Waals surface area (Å²) in [6, 6.07) is 15.0. The summed E-state index contributed by atoms with van der Waals surface area (Å²) in [5.74, 6) is 0.820. The molecule has 1 aliphatic heterocycles. The van der Waals surface area contributed by atoms with Crippen molar-refractivity contribution in [3.8, 4) is 0 Å². The van der Waals surface area contributed by atoms with Gasteiger partial charge >= 0.3 is 0 Å². The molecule has 0 bridgehead atoms. The largest absolute Gasteiger partial charge is 0.356 e. The molecule has 2 atom stereocenters. The molecule has 0 unspecified atom stereocenters. The van der Waals surface area contributed by atoms with Gasteiger partial charge in [0.05, 0.1) is 5.92 Å². The summed E-state index contributed by atoms with van der Waals surface area (Å²) in [7, 11) is 2.10. The lowest BCUT2D eigenvalue weighted by Crippen LogP contribution is -2.42. The van der Waals surface area contributed by atoms with Crippen LogP contribution in [0.4, 0.5) is 0 Å². The Bertz CT molecular complexity index is 692. The van der Waals surface area contributed by atoms with Crippen LogP contribution in [0.1, 0.15) is 25.3 Å². The first-order valence-electron chi connectivity index (χ1n) is 9.06. The number of piperidine rings is 1. The standard InChI is InChI=1S/C21H28N2O/c1-16(14-22-21(24)19-10-6-12-23(2)15-19)13-18-9-5-8-17-7-3-4-11-20(17)18/h3-5,7-9,11,16,19H,6,10,12-15H2,1-2H3,(H,22,24)/t16-,19-/m0/s1. The van der Waals surface area contributed by atoms with E-state index in [1.165, 1.54) is 16.3 Å². The van der Waals surface area contributed by atoms with Crippen LogP contribution in [0.3, 0.4) is 0 Å². The highest BCUT2D eigenvalue weighted by Gasteiger charge is 2.23. The van der Waals surface area contributed by atoms with Gasteiger partial charge in [0.15, 0.2) is 0 Å². The molecule has 1 aliphatic rings. The molecule has 0 saturated carbocycles. The molecule has 0 radical (unpaired) electrons. The molecule has 3 nitrogen and oxygen atoms in total. The molecule has 2 aromatic carbocycles. The maximum absolute atomic E-state index is 12.4. The van der Waals surface area contributed by atoms with Crippen LogP contribution in [0.2, 0.25) is 0 Å². The maximum Gasteiger partial charge on any atom is 0.224 e. The summed E-state index contributed by atoms with van der Waals surface area (Å²) < 4.78 is 0. The highest BCUT2D eigenvalue weighted by atomic mass is 16.1. The van der Waals surface area contributed by atoms with Gasteiger partial charge in [0.1, 0.15) is 0 Å². The van der Waals surface area contributed by atoms with E-state index >= 15 is 0 Å². The van der Waals surface area contributed by atoms with E-state index in [1.807, 2.05) is 0 Å². The van der Waals surface area contributed by atoms with E-state index in [0.29, 0.717) is 5.92 Å². The lowest BCUT2D eigenvalue weighted by atomic mass is 9.95. The van der Waals surface area contributed by atoms with E-state index in [4.69, 9.17) is 0 Å². The number of nitrogens with zero attached hydrogens (tertiary/aromatic N) is 1. The third kappa shape index (κ3) is 4.15. The lowest BCUT2D eigenvalue weighted by molar-refractivity contribution is -0.126. The van der Waals surface area contributed by atoms with E-state index < -0.39 is 0 Å². The number of hydrogen-bond acceptors (Lipinski definition) is 2. The monoisotopic (exact) mass is 324 g/mol. The van der Waals surface area contributed by atoms with E-state index in [1.54, 1.807) is 0 Å². The normalized spacial score (nSPS) is 20.0. The van der Waals surface area contributed by atoms with Crippen molar-refractivity contribution in [1.82, 2.24) is 10.2 Å². The van der Waals surface area contributed by atoms with E-state index in [2.05, 4.69) is 66.7 Å². The highest BCUT2D eigenvalue weighted by molar-refractivity contribution is 5.85. The number of benzene rings is 2. The zero-order valence-electron chi connectivity index (χ0n) is 14.8. The van der Waals surface area contributed by atoms with Crippen molar-refractivity contribution in [2.24, 2.45) is 11.8 Å². The third-order valence-electron chi connectivity index (χ3n) is 5.07. The first-order valence-corrected chi connectivity index (χ1v) is 9.06. The summed E-state index contributed by atoms with van der Waals surface area (Å²) in [6.07, 6.45) is 3.14. The topological polar surface area (TPSA) is 32.3 Å². The third-order valence-corrected chi connectivity index (χ3v) is 5.07. The number of hydrogen-bond donors (Lipinski definition) is 1. The summed E-state index contributed by atoms with van der Waals surface area (Å²) in [4.78, 5) is 14.6. The first kappa shape index (κ1) is 17.0. The number of carbonyl (C=O) groups is 1. The minimum absolute atomic E-state index is 0.161. The van der Waals surface area contributed by atoms with Gasteiger partial charge < -0.3 is 10.2 Å². The van der Waals surface area contributed by atoms with E-state index in [0.717, 1.165) is 38.9 Å². The van der Waals surface area contributed by atoms with Crippen LogP contribution in [0.15, 0.2) is 42.5 Å². The van der Waals surface area contributed by atoms with Crippen LogP contribution in [0.25, 0.3) is 10.8 Å². The fraction of sp³-hybridized carbons (Fsp3) is 0.476. The Labute approximate surface area is 145 Å². The molecular weight excluding hydrogens is 296 g/mol. The molecule has 0 aromatic heterocycles. The van der Waals surface area contributed by atoms with Gasteiger partial charge in [-0.3, -0.25) is 4.79 Å². The second kappa shape index (κ2) is 7.80. The summed E-state index contributed by atoms with van der Waals surface area (Å²) in [6.45, 7) is 4.97. The van der Waals surface area contributed by atoms with Crippen molar-refractivity contribution < 1.29 is 4.79 Å². The number of rotatable bonds is 5. The number of likely N-dealkylation sites (tertiary alicyclic amines) is 1. The molecule has 128 valence electrons. The molecular formula is C21H28N2O. The van der Waals surface area contributed by atoms with Gasteiger partial charge in [-0.25, -0.2) is 0 Å². The average molecular weight is 324 g/mol. The molecule has 24 heavy (non-hydrogen) atoms. The van der Waals surface area contributed by atoms with Gasteiger partial charge in [-0.05, 0) is 55.1 Å². The van der Waals surface area contributed by atoms with Crippen LogP contribution in [0, 0.1) is 11.8 Å². The van der Waals surface area contributed by atoms with Crippen molar-refractivity contribution in [2.45, 2.75) is 26.2 Å². The Hall–Kier alpha value is -1.87. The number of nitrogens with one attached hydrogen (secondary N) is 1. The van der Waals surface area contributed by atoms with Gasteiger partial charge in [-0.15, -0.1) is 0 Å². The summed E-state index contributed by atoms with van der Waals surface area (Å²) >= 11 is 0.